The van der Waals surface area contributed by atoms with E-state index in [2.05, 4.69) is 98.2 Å². The van der Waals surface area contributed by atoms with Crippen molar-refractivity contribution in [1.82, 2.24) is 5.32 Å². The zero-order chi connectivity index (χ0) is 35.3. The number of carboxylic acids is 1. The summed E-state index contributed by atoms with van der Waals surface area (Å²) in [5.74, 6) is -1.43. The van der Waals surface area contributed by atoms with Crippen LogP contribution < -0.4 is 11.1 Å². The van der Waals surface area contributed by atoms with Gasteiger partial charge in [0.15, 0.2) is 0 Å². The quantitative estimate of drug-likeness (QED) is 0.0385. The average Bonchev–Trinajstić information content (AvgIpc) is 3.07. The molecule has 0 aliphatic carbocycles. The van der Waals surface area contributed by atoms with Gasteiger partial charge in [0.2, 0.25) is 5.91 Å². The standard InChI is InChI=1S/C41H66N2O5/c1-3-5-7-9-11-13-14-15-16-17-18-19-21-23-29-35-40(45)48-37(31-26-22-20-12-10-8-6-4-2)32-27-24-25-28-34-39(44)43-38(41(46)47)33-30-36-42/h5-8,11-13,15-16,18-20,26,31,37-38H,3-4,9-10,14,17,21-25,27-30,32-36,42H2,1-2H3,(H,43,44)(H,46,47)/b7-5-,8-6-,13-11-,16-15-,19-18-,20-12-,31-26-. The van der Waals surface area contributed by atoms with Crippen molar-refractivity contribution in [2.24, 2.45) is 5.73 Å². The van der Waals surface area contributed by atoms with Gasteiger partial charge in [-0.25, -0.2) is 4.79 Å². The Kier molecular flexibility index (Phi) is 32.4. The topological polar surface area (TPSA) is 119 Å². The largest absolute Gasteiger partial charge is 0.480 e. The van der Waals surface area contributed by atoms with E-state index in [1.54, 1.807) is 0 Å². The Hall–Kier alpha value is -3.45. The van der Waals surface area contributed by atoms with Crippen LogP contribution in [-0.2, 0) is 19.1 Å². The molecule has 0 aromatic rings. The van der Waals surface area contributed by atoms with E-state index < -0.39 is 12.0 Å². The Balaban J connectivity index is 4.49. The van der Waals surface area contributed by atoms with Crippen molar-refractivity contribution in [3.8, 4) is 0 Å². The predicted octanol–water partition coefficient (Wildman–Crippen LogP) is 9.77. The maximum absolute atomic E-state index is 12.6. The van der Waals surface area contributed by atoms with Gasteiger partial charge in [0.05, 0.1) is 0 Å². The van der Waals surface area contributed by atoms with Gasteiger partial charge in [-0.1, -0.05) is 106 Å². The molecule has 0 radical (unpaired) electrons. The zero-order valence-electron chi connectivity index (χ0n) is 30.0. The van der Waals surface area contributed by atoms with Crippen LogP contribution in [0, 0.1) is 0 Å². The van der Waals surface area contributed by atoms with Gasteiger partial charge in [0.25, 0.3) is 0 Å². The average molecular weight is 667 g/mol. The van der Waals surface area contributed by atoms with E-state index in [4.69, 9.17) is 10.5 Å². The van der Waals surface area contributed by atoms with Crippen LogP contribution in [0.25, 0.3) is 0 Å². The second-order valence-electron chi connectivity index (χ2n) is 11.9. The number of rotatable bonds is 31. The first-order valence-electron chi connectivity index (χ1n) is 18.4. The summed E-state index contributed by atoms with van der Waals surface area (Å²) in [5, 5.41) is 11.9. The third kappa shape index (κ3) is 31.2. The van der Waals surface area contributed by atoms with Crippen LogP contribution in [0.1, 0.15) is 136 Å². The zero-order valence-corrected chi connectivity index (χ0v) is 30.0. The monoisotopic (exact) mass is 666 g/mol. The molecule has 0 bridgehead atoms. The summed E-state index contributed by atoms with van der Waals surface area (Å²) in [6, 6.07) is -0.884. The highest BCUT2D eigenvalue weighted by Gasteiger charge is 2.18. The molecule has 7 nitrogen and oxygen atoms in total. The van der Waals surface area contributed by atoms with Crippen LogP contribution in [-0.4, -0.2) is 41.6 Å². The molecule has 2 atom stereocenters. The van der Waals surface area contributed by atoms with Crippen molar-refractivity contribution in [3.05, 3.63) is 85.1 Å². The molecular weight excluding hydrogens is 600 g/mol. The predicted molar refractivity (Wildman–Crippen MR) is 202 cm³/mol. The molecule has 1 amide bonds. The highest BCUT2D eigenvalue weighted by atomic mass is 16.5. The smallest absolute Gasteiger partial charge is 0.326 e. The van der Waals surface area contributed by atoms with E-state index in [1.807, 2.05) is 6.08 Å². The van der Waals surface area contributed by atoms with Crippen LogP contribution in [0.3, 0.4) is 0 Å². The number of carboxylic acid groups (broad SMARTS) is 1. The Morgan fingerprint density at radius 1 is 0.625 bits per heavy atom. The summed E-state index contributed by atoms with van der Waals surface area (Å²) in [7, 11) is 0. The molecule has 0 aromatic carbocycles. The van der Waals surface area contributed by atoms with Crippen molar-refractivity contribution in [2.75, 3.05) is 6.54 Å². The van der Waals surface area contributed by atoms with E-state index in [1.165, 1.54) is 0 Å². The van der Waals surface area contributed by atoms with E-state index in [0.717, 1.165) is 89.9 Å². The molecule has 4 N–H and O–H groups in total. The number of amides is 1. The van der Waals surface area contributed by atoms with Gasteiger partial charge >= 0.3 is 11.9 Å². The van der Waals surface area contributed by atoms with E-state index in [-0.39, 0.29) is 18.0 Å². The molecule has 0 heterocycles. The number of allylic oxidation sites excluding steroid dienone is 13. The summed E-state index contributed by atoms with van der Waals surface area (Å²) in [4.78, 5) is 36.1. The number of hydrogen-bond donors (Lipinski definition) is 3. The molecule has 7 heteroatoms. The third-order valence-electron chi connectivity index (χ3n) is 7.44. The summed E-state index contributed by atoms with van der Waals surface area (Å²) in [6.45, 7) is 4.66. The number of nitrogens with one attached hydrogen (secondary N) is 1. The van der Waals surface area contributed by atoms with E-state index in [0.29, 0.717) is 38.6 Å². The highest BCUT2D eigenvalue weighted by Crippen LogP contribution is 2.14. The SMILES string of the molecule is CC/C=C\C/C=C\C/C=C\C/C=C\CCCCC(=O)OC(/C=C\C/C=C\C/C=C\CC)CCCCCCC(=O)NC(CCCN)C(=O)O. The number of unbranched alkanes of at least 4 members (excludes halogenated alkanes) is 5. The lowest BCUT2D eigenvalue weighted by molar-refractivity contribution is -0.147. The first-order chi connectivity index (χ1) is 23.4. The molecule has 0 fully saturated rings. The van der Waals surface area contributed by atoms with Gasteiger partial charge in [0, 0.05) is 12.8 Å². The highest BCUT2D eigenvalue weighted by molar-refractivity contribution is 5.83. The fourth-order valence-electron chi connectivity index (χ4n) is 4.72. The van der Waals surface area contributed by atoms with E-state index >= 15 is 0 Å². The molecule has 0 rings (SSSR count). The molecule has 0 aliphatic heterocycles. The number of carbonyl (C=O) groups excluding carboxylic acids is 2. The lowest BCUT2D eigenvalue weighted by Gasteiger charge is -2.15. The normalized spacial score (nSPS) is 13.7. The Morgan fingerprint density at radius 2 is 1.15 bits per heavy atom. The Morgan fingerprint density at radius 3 is 1.71 bits per heavy atom. The first-order valence-corrected chi connectivity index (χ1v) is 18.4. The van der Waals surface area contributed by atoms with Crippen molar-refractivity contribution in [2.45, 2.75) is 148 Å². The van der Waals surface area contributed by atoms with Crippen LogP contribution in [0.4, 0.5) is 0 Å². The number of aliphatic carboxylic acids is 1. The molecule has 2 unspecified atom stereocenters. The Labute approximate surface area is 292 Å². The van der Waals surface area contributed by atoms with Crippen molar-refractivity contribution in [1.29, 1.82) is 0 Å². The number of nitrogens with two attached hydrogens (primary N) is 1. The second kappa shape index (κ2) is 34.9. The molecule has 0 aromatic heterocycles. The van der Waals surface area contributed by atoms with E-state index in [9.17, 15) is 19.5 Å². The minimum Gasteiger partial charge on any atom is -0.480 e. The van der Waals surface area contributed by atoms with Gasteiger partial charge < -0.3 is 20.9 Å². The summed E-state index contributed by atoms with van der Waals surface area (Å²) >= 11 is 0. The maximum atomic E-state index is 12.6. The third-order valence-corrected chi connectivity index (χ3v) is 7.44. The van der Waals surface area contributed by atoms with Crippen LogP contribution in [0.2, 0.25) is 0 Å². The van der Waals surface area contributed by atoms with Gasteiger partial charge in [-0.15, -0.1) is 0 Å². The first kappa shape index (κ1) is 44.5. The summed E-state index contributed by atoms with van der Waals surface area (Å²) in [6.07, 6.45) is 45.0. The molecule has 0 saturated carbocycles. The molecular formula is C41H66N2O5. The minimum atomic E-state index is -1.03. The van der Waals surface area contributed by atoms with Crippen LogP contribution >= 0.6 is 0 Å². The number of hydrogen-bond acceptors (Lipinski definition) is 5. The van der Waals surface area contributed by atoms with Gasteiger partial charge in [-0.3, -0.25) is 9.59 Å². The number of esters is 1. The maximum Gasteiger partial charge on any atom is 0.326 e. The fourth-order valence-corrected chi connectivity index (χ4v) is 4.72. The molecule has 48 heavy (non-hydrogen) atoms. The second-order valence-corrected chi connectivity index (χ2v) is 11.9. The lowest BCUT2D eigenvalue weighted by atomic mass is 10.1. The Bertz CT molecular complexity index is 1020. The fraction of sp³-hybridized carbons (Fsp3) is 0.585. The van der Waals surface area contributed by atoms with Gasteiger partial charge in [0.1, 0.15) is 12.1 Å². The molecule has 270 valence electrons. The van der Waals surface area contributed by atoms with Gasteiger partial charge in [-0.2, -0.15) is 0 Å². The minimum absolute atomic E-state index is 0.158. The van der Waals surface area contributed by atoms with Crippen LogP contribution in [0.15, 0.2) is 85.1 Å². The number of carbonyl (C=O) groups is 3. The number of ether oxygens (including phenoxy) is 1. The van der Waals surface area contributed by atoms with Crippen molar-refractivity contribution < 1.29 is 24.2 Å². The molecule has 0 saturated heterocycles. The molecule has 0 aliphatic rings. The van der Waals surface area contributed by atoms with Gasteiger partial charge in [-0.05, 0) is 109 Å². The van der Waals surface area contributed by atoms with Crippen molar-refractivity contribution in [3.63, 3.8) is 0 Å². The lowest BCUT2D eigenvalue weighted by Crippen LogP contribution is -2.40. The summed E-state index contributed by atoms with van der Waals surface area (Å²) in [5.41, 5.74) is 5.46. The molecule has 0 spiro atoms. The van der Waals surface area contributed by atoms with Crippen molar-refractivity contribution >= 4 is 17.8 Å². The van der Waals surface area contributed by atoms with Crippen LogP contribution in [0.5, 0.6) is 0 Å². The summed E-state index contributed by atoms with van der Waals surface area (Å²) < 4.78 is 5.85.